The second kappa shape index (κ2) is 5.03. The van der Waals surface area contributed by atoms with Gasteiger partial charge in [-0.2, -0.15) is 0 Å². The summed E-state index contributed by atoms with van der Waals surface area (Å²) in [6.45, 7) is 1.80. The molecule has 2 unspecified atom stereocenters. The SMILES string of the molecule is CC(CN1C(=O)NC(=O)C2(CCCC2)C1=O)S(C)=O. The molecule has 6 nitrogen and oxygen atoms in total. The van der Waals surface area contributed by atoms with Crippen LogP contribution in [0.2, 0.25) is 0 Å². The molecule has 1 spiro atoms. The average Bonchev–Trinajstić information content (AvgIpc) is 2.83. The van der Waals surface area contributed by atoms with Crippen LogP contribution >= 0.6 is 0 Å². The fourth-order valence-corrected chi connectivity index (χ4v) is 3.04. The van der Waals surface area contributed by atoms with E-state index in [0.717, 1.165) is 17.7 Å². The zero-order valence-electron chi connectivity index (χ0n) is 11.1. The van der Waals surface area contributed by atoms with E-state index in [0.29, 0.717) is 12.8 Å². The number of carbonyl (C=O) groups is 3. The highest BCUT2D eigenvalue weighted by molar-refractivity contribution is 7.84. The van der Waals surface area contributed by atoms with E-state index < -0.39 is 34.1 Å². The number of hydrogen-bond donors (Lipinski definition) is 1. The first-order valence-corrected chi connectivity index (χ1v) is 8.00. The van der Waals surface area contributed by atoms with Crippen molar-refractivity contribution < 1.29 is 18.6 Å². The Morgan fingerprint density at radius 3 is 2.42 bits per heavy atom. The van der Waals surface area contributed by atoms with Gasteiger partial charge in [-0.3, -0.25) is 24.0 Å². The third kappa shape index (κ3) is 2.31. The molecule has 0 aromatic carbocycles. The fourth-order valence-electron chi connectivity index (χ4n) is 2.68. The summed E-state index contributed by atoms with van der Waals surface area (Å²) < 4.78 is 11.4. The van der Waals surface area contributed by atoms with Crippen molar-refractivity contribution in [1.29, 1.82) is 0 Å². The summed E-state index contributed by atoms with van der Waals surface area (Å²) in [7, 11) is -1.12. The maximum Gasteiger partial charge on any atom is 0.330 e. The normalized spacial score (nSPS) is 25.6. The Morgan fingerprint density at radius 1 is 1.32 bits per heavy atom. The van der Waals surface area contributed by atoms with Gasteiger partial charge in [-0.25, -0.2) is 4.79 Å². The van der Waals surface area contributed by atoms with Gasteiger partial charge in [0.2, 0.25) is 11.8 Å². The standard InChI is InChI=1S/C12H18N2O4S/c1-8(19(2)18)7-14-10(16)12(5-3-4-6-12)9(15)13-11(14)17/h8H,3-7H2,1-2H3,(H,13,15,17). The van der Waals surface area contributed by atoms with Crippen LogP contribution in [0, 0.1) is 5.41 Å². The molecule has 2 fully saturated rings. The second-order valence-electron chi connectivity index (χ2n) is 5.27. The summed E-state index contributed by atoms with van der Waals surface area (Å²) in [5.74, 6) is -0.891. The number of urea groups is 1. The lowest BCUT2D eigenvalue weighted by molar-refractivity contribution is -0.151. The molecule has 1 saturated carbocycles. The van der Waals surface area contributed by atoms with Gasteiger partial charge in [0.15, 0.2) is 0 Å². The minimum Gasteiger partial charge on any atom is -0.277 e. The highest BCUT2D eigenvalue weighted by Gasteiger charge is 2.55. The molecule has 2 atom stereocenters. The third-order valence-electron chi connectivity index (χ3n) is 4.02. The van der Waals surface area contributed by atoms with Gasteiger partial charge in [0.25, 0.3) is 0 Å². The van der Waals surface area contributed by atoms with Crippen molar-refractivity contribution in [2.24, 2.45) is 5.41 Å². The van der Waals surface area contributed by atoms with E-state index in [2.05, 4.69) is 5.32 Å². The number of amides is 4. The summed E-state index contributed by atoms with van der Waals surface area (Å²) in [6.07, 6.45) is 4.15. The summed E-state index contributed by atoms with van der Waals surface area (Å²) >= 11 is 0. The molecule has 0 aromatic rings. The van der Waals surface area contributed by atoms with E-state index in [1.165, 1.54) is 6.26 Å². The van der Waals surface area contributed by atoms with Crippen molar-refractivity contribution in [2.45, 2.75) is 37.9 Å². The Bertz CT molecular complexity index is 457. The summed E-state index contributed by atoms with van der Waals surface area (Å²) in [5.41, 5.74) is -1.07. The van der Waals surface area contributed by atoms with Crippen molar-refractivity contribution >= 4 is 28.6 Å². The zero-order chi connectivity index (χ0) is 14.2. The van der Waals surface area contributed by atoms with E-state index in [-0.39, 0.29) is 11.8 Å². The number of nitrogens with zero attached hydrogens (tertiary/aromatic N) is 1. The number of imide groups is 2. The summed E-state index contributed by atoms with van der Waals surface area (Å²) in [4.78, 5) is 37.3. The van der Waals surface area contributed by atoms with E-state index in [9.17, 15) is 18.6 Å². The molecule has 2 aliphatic rings. The lowest BCUT2D eigenvalue weighted by Gasteiger charge is -2.37. The molecule has 1 N–H and O–H groups in total. The second-order valence-corrected chi connectivity index (χ2v) is 7.08. The van der Waals surface area contributed by atoms with Gasteiger partial charge in [0, 0.05) is 28.9 Å². The number of carbonyl (C=O) groups excluding carboxylic acids is 3. The van der Waals surface area contributed by atoms with Crippen LogP contribution in [0.5, 0.6) is 0 Å². The van der Waals surface area contributed by atoms with Gasteiger partial charge < -0.3 is 0 Å². The molecule has 2 rings (SSSR count). The number of rotatable bonds is 3. The van der Waals surface area contributed by atoms with Gasteiger partial charge in [0.1, 0.15) is 5.41 Å². The monoisotopic (exact) mass is 286 g/mol. The minimum absolute atomic E-state index is 0.0861. The van der Waals surface area contributed by atoms with Crippen LogP contribution in [0.1, 0.15) is 32.6 Å². The zero-order valence-corrected chi connectivity index (χ0v) is 11.9. The Morgan fingerprint density at radius 2 is 1.89 bits per heavy atom. The number of barbiturate groups is 1. The molecular weight excluding hydrogens is 268 g/mol. The smallest absolute Gasteiger partial charge is 0.277 e. The lowest BCUT2D eigenvalue weighted by Crippen LogP contribution is -2.64. The van der Waals surface area contributed by atoms with Crippen LogP contribution in [0.4, 0.5) is 4.79 Å². The van der Waals surface area contributed by atoms with Crippen molar-refractivity contribution in [3.8, 4) is 0 Å². The van der Waals surface area contributed by atoms with Gasteiger partial charge in [0.05, 0.1) is 0 Å². The van der Waals surface area contributed by atoms with Gasteiger partial charge in [-0.1, -0.05) is 12.8 Å². The number of hydrogen-bond acceptors (Lipinski definition) is 4. The molecule has 4 amide bonds. The van der Waals surface area contributed by atoms with Gasteiger partial charge in [-0.15, -0.1) is 0 Å². The molecule has 1 aliphatic heterocycles. The molecular formula is C12H18N2O4S. The third-order valence-corrected chi connectivity index (χ3v) is 5.30. The molecule has 19 heavy (non-hydrogen) atoms. The molecule has 0 radical (unpaired) electrons. The highest BCUT2D eigenvalue weighted by Crippen LogP contribution is 2.41. The highest BCUT2D eigenvalue weighted by atomic mass is 32.2. The topological polar surface area (TPSA) is 83.6 Å². The Kier molecular flexibility index (Phi) is 3.75. The molecule has 1 heterocycles. The molecule has 7 heteroatoms. The Labute approximate surface area is 114 Å². The van der Waals surface area contributed by atoms with Crippen LogP contribution < -0.4 is 5.32 Å². The van der Waals surface area contributed by atoms with Crippen molar-refractivity contribution in [1.82, 2.24) is 10.2 Å². The van der Waals surface area contributed by atoms with Crippen LogP contribution in [0.3, 0.4) is 0 Å². The Hall–Kier alpha value is -1.24. The number of nitrogens with one attached hydrogen (secondary N) is 1. The molecule has 0 aromatic heterocycles. The minimum atomic E-state index is -1.12. The van der Waals surface area contributed by atoms with Crippen LogP contribution in [-0.2, 0) is 20.4 Å². The van der Waals surface area contributed by atoms with Crippen molar-refractivity contribution in [2.75, 3.05) is 12.8 Å². The van der Waals surface area contributed by atoms with E-state index in [4.69, 9.17) is 0 Å². The molecule has 106 valence electrons. The lowest BCUT2D eigenvalue weighted by atomic mass is 9.82. The van der Waals surface area contributed by atoms with E-state index in [1.807, 2.05) is 0 Å². The maximum atomic E-state index is 12.5. The van der Waals surface area contributed by atoms with Crippen LogP contribution in [0.15, 0.2) is 0 Å². The first-order valence-electron chi connectivity index (χ1n) is 6.38. The molecule has 0 bridgehead atoms. The first-order chi connectivity index (χ1) is 8.88. The average molecular weight is 286 g/mol. The fraction of sp³-hybridized carbons (Fsp3) is 0.750. The summed E-state index contributed by atoms with van der Waals surface area (Å²) in [6, 6.07) is -0.690. The summed E-state index contributed by atoms with van der Waals surface area (Å²) in [5, 5.41) is 1.96. The predicted octanol–water partition coefficient (Wildman–Crippen LogP) is 0.392. The maximum absolute atomic E-state index is 12.5. The van der Waals surface area contributed by atoms with E-state index >= 15 is 0 Å². The van der Waals surface area contributed by atoms with Crippen LogP contribution in [0.25, 0.3) is 0 Å². The predicted molar refractivity (Wildman–Crippen MR) is 69.7 cm³/mol. The van der Waals surface area contributed by atoms with Gasteiger partial charge in [-0.05, 0) is 19.8 Å². The largest absolute Gasteiger partial charge is 0.330 e. The van der Waals surface area contributed by atoms with E-state index in [1.54, 1.807) is 6.92 Å². The van der Waals surface area contributed by atoms with Crippen molar-refractivity contribution in [3.63, 3.8) is 0 Å². The molecule has 1 saturated heterocycles. The first kappa shape index (κ1) is 14.2. The van der Waals surface area contributed by atoms with Crippen LogP contribution in [-0.4, -0.2) is 45.0 Å². The van der Waals surface area contributed by atoms with Gasteiger partial charge >= 0.3 is 6.03 Å². The Balaban J connectivity index is 2.24. The quantitative estimate of drug-likeness (QED) is 0.761. The van der Waals surface area contributed by atoms with Crippen molar-refractivity contribution in [3.05, 3.63) is 0 Å². The molecule has 1 aliphatic carbocycles.